The molecule has 4 nitrogen and oxygen atoms in total. The van der Waals surface area contributed by atoms with Crippen molar-refractivity contribution in [1.29, 1.82) is 0 Å². The predicted molar refractivity (Wildman–Crippen MR) is 58.0 cm³/mol. The molecule has 0 aliphatic carbocycles. The van der Waals surface area contributed by atoms with Crippen molar-refractivity contribution in [3.63, 3.8) is 0 Å². The van der Waals surface area contributed by atoms with Gasteiger partial charge in [-0.15, -0.1) is 0 Å². The molecular formula is C9H20N2O2S. The minimum Gasteiger partial charge on any atom is -0.330 e. The summed E-state index contributed by atoms with van der Waals surface area (Å²) in [6, 6.07) is 0. The first-order valence-electron chi connectivity index (χ1n) is 5.13. The van der Waals surface area contributed by atoms with Crippen LogP contribution in [0.25, 0.3) is 0 Å². The van der Waals surface area contributed by atoms with Crippen LogP contribution in [0.5, 0.6) is 0 Å². The number of nitrogens with two attached hydrogens (primary N) is 1. The zero-order chi connectivity index (χ0) is 10.8. The van der Waals surface area contributed by atoms with E-state index in [4.69, 9.17) is 5.73 Å². The van der Waals surface area contributed by atoms with E-state index in [1.54, 1.807) is 13.8 Å². The van der Waals surface area contributed by atoms with Gasteiger partial charge in [-0.25, -0.2) is 8.42 Å². The molecule has 0 saturated carbocycles. The van der Waals surface area contributed by atoms with Crippen LogP contribution in [0.15, 0.2) is 0 Å². The minimum atomic E-state index is -2.87. The number of sulfone groups is 1. The lowest BCUT2D eigenvalue weighted by Crippen LogP contribution is -2.50. The van der Waals surface area contributed by atoms with Crippen LogP contribution in [0.3, 0.4) is 0 Å². The van der Waals surface area contributed by atoms with E-state index in [1.165, 1.54) is 0 Å². The zero-order valence-corrected chi connectivity index (χ0v) is 9.76. The average Bonchev–Trinajstić information content (AvgIpc) is 2.11. The van der Waals surface area contributed by atoms with Crippen LogP contribution in [-0.4, -0.2) is 50.0 Å². The largest absolute Gasteiger partial charge is 0.330 e. The third-order valence-corrected chi connectivity index (χ3v) is 5.37. The maximum absolute atomic E-state index is 11.7. The van der Waals surface area contributed by atoms with Crippen LogP contribution in [-0.2, 0) is 9.84 Å². The Morgan fingerprint density at radius 2 is 1.79 bits per heavy atom. The molecule has 5 heteroatoms. The van der Waals surface area contributed by atoms with Crippen molar-refractivity contribution in [3.8, 4) is 0 Å². The minimum absolute atomic E-state index is 0.232. The van der Waals surface area contributed by atoms with Crippen molar-refractivity contribution in [1.82, 2.24) is 4.90 Å². The number of nitrogens with zero attached hydrogens (tertiary/aromatic N) is 1. The molecule has 2 N–H and O–H groups in total. The quantitative estimate of drug-likeness (QED) is 0.718. The molecule has 1 saturated heterocycles. The van der Waals surface area contributed by atoms with Gasteiger partial charge in [0.15, 0.2) is 9.84 Å². The highest BCUT2D eigenvalue weighted by atomic mass is 32.2. The van der Waals surface area contributed by atoms with Crippen molar-refractivity contribution in [2.45, 2.75) is 30.8 Å². The number of hydrogen-bond donors (Lipinski definition) is 1. The van der Waals surface area contributed by atoms with Crippen molar-refractivity contribution in [2.24, 2.45) is 5.73 Å². The van der Waals surface area contributed by atoms with Crippen LogP contribution >= 0.6 is 0 Å². The molecule has 0 aromatic rings. The zero-order valence-electron chi connectivity index (χ0n) is 8.94. The second-order valence-electron chi connectivity index (χ2n) is 4.11. The Morgan fingerprint density at radius 3 is 2.21 bits per heavy atom. The van der Waals surface area contributed by atoms with E-state index in [-0.39, 0.29) is 10.5 Å². The van der Waals surface area contributed by atoms with Crippen LogP contribution in [0.4, 0.5) is 0 Å². The second kappa shape index (κ2) is 4.59. The molecule has 1 rings (SSSR count). The first kappa shape index (κ1) is 11.9. The van der Waals surface area contributed by atoms with Gasteiger partial charge >= 0.3 is 0 Å². The molecular weight excluding hydrogens is 200 g/mol. The molecule has 84 valence electrons. The van der Waals surface area contributed by atoms with Gasteiger partial charge in [-0.3, -0.25) is 0 Å². The lowest BCUT2D eigenvalue weighted by atomic mass is 10.3. The molecule has 0 aromatic heterocycles. The summed E-state index contributed by atoms with van der Waals surface area (Å²) in [6.07, 6.45) is 0.944. The van der Waals surface area contributed by atoms with Gasteiger partial charge in [0, 0.05) is 13.1 Å². The number of rotatable bonds is 3. The molecule has 1 fully saturated rings. The summed E-state index contributed by atoms with van der Waals surface area (Å²) in [7, 11) is -2.87. The molecule has 0 aromatic carbocycles. The number of hydrogen-bond acceptors (Lipinski definition) is 4. The van der Waals surface area contributed by atoms with E-state index in [9.17, 15) is 8.42 Å². The molecule has 0 bridgehead atoms. The van der Waals surface area contributed by atoms with Gasteiger partial charge in [0.2, 0.25) is 0 Å². The third kappa shape index (κ3) is 2.46. The van der Waals surface area contributed by atoms with Crippen molar-refractivity contribution < 1.29 is 8.42 Å². The van der Waals surface area contributed by atoms with E-state index in [2.05, 4.69) is 4.90 Å². The monoisotopic (exact) mass is 220 g/mol. The molecule has 1 heterocycles. The summed E-state index contributed by atoms with van der Waals surface area (Å²) in [4.78, 5) is 2.20. The smallest absolute Gasteiger partial charge is 0.157 e. The lowest BCUT2D eigenvalue weighted by molar-refractivity contribution is 0.259. The van der Waals surface area contributed by atoms with Crippen LogP contribution < -0.4 is 5.73 Å². The van der Waals surface area contributed by atoms with Gasteiger partial charge in [0.05, 0.1) is 10.5 Å². The Kier molecular flexibility index (Phi) is 3.92. The first-order chi connectivity index (χ1) is 6.48. The molecule has 0 spiro atoms. The third-order valence-electron chi connectivity index (χ3n) is 2.83. The highest BCUT2D eigenvalue weighted by molar-refractivity contribution is 7.92. The summed E-state index contributed by atoms with van der Waals surface area (Å²) < 4.78 is 23.4. The van der Waals surface area contributed by atoms with E-state index in [1.807, 2.05) is 0 Å². The SMILES string of the molecule is CC1CN(CCCN)CC(C)S1(=O)=O. The van der Waals surface area contributed by atoms with Gasteiger partial charge in [0.25, 0.3) is 0 Å². The van der Waals surface area contributed by atoms with E-state index in [0.29, 0.717) is 19.6 Å². The summed E-state index contributed by atoms with van der Waals surface area (Å²) >= 11 is 0. The predicted octanol–water partition coefficient (Wildman–Crippen LogP) is -0.157. The molecule has 14 heavy (non-hydrogen) atoms. The highest BCUT2D eigenvalue weighted by Gasteiger charge is 2.35. The van der Waals surface area contributed by atoms with E-state index in [0.717, 1.165) is 13.0 Å². The van der Waals surface area contributed by atoms with Crippen LogP contribution in [0.1, 0.15) is 20.3 Å². The Hall–Kier alpha value is -0.130. The molecule has 2 atom stereocenters. The Labute approximate surface area is 86.4 Å². The lowest BCUT2D eigenvalue weighted by Gasteiger charge is -2.34. The molecule has 0 radical (unpaired) electrons. The normalized spacial score (nSPS) is 33.1. The summed E-state index contributed by atoms with van der Waals surface area (Å²) in [5, 5.41) is -0.465. The molecule has 1 aliphatic heterocycles. The fraction of sp³-hybridized carbons (Fsp3) is 1.00. The Bertz CT molecular complexity index is 259. The molecule has 1 aliphatic rings. The molecule has 2 unspecified atom stereocenters. The second-order valence-corrected chi connectivity index (χ2v) is 6.90. The van der Waals surface area contributed by atoms with Crippen molar-refractivity contribution >= 4 is 9.84 Å². The van der Waals surface area contributed by atoms with Gasteiger partial charge in [-0.05, 0) is 33.4 Å². The topological polar surface area (TPSA) is 63.4 Å². The van der Waals surface area contributed by atoms with Gasteiger partial charge < -0.3 is 10.6 Å². The van der Waals surface area contributed by atoms with Gasteiger partial charge in [0.1, 0.15) is 0 Å². The van der Waals surface area contributed by atoms with Gasteiger partial charge in [-0.2, -0.15) is 0 Å². The standard InChI is InChI=1S/C9H20N2O2S/c1-8-6-11(5-3-4-10)7-9(2)14(8,12)13/h8-9H,3-7,10H2,1-2H3. The summed E-state index contributed by atoms with van der Waals surface area (Å²) in [6.45, 7) is 6.49. The maximum Gasteiger partial charge on any atom is 0.157 e. The maximum atomic E-state index is 11.7. The first-order valence-corrected chi connectivity index (χ1v) is 6.74. The van der Waals surface area contributed by atoms with Crippen LogP contribution in [0.2, 0.25) is 0 Å². The fourth-order valence-corrected chi connectivity index (χ4v) is 3.53. The fourth-order valence-electron chi connectivity index (χ4n) is 1.90. The van der Waals surface area contributed by atoms with E-state index >= 15 is 0 Å². The Balaban J connectivity index is 2.57. The van der Waals surface area contributed by atoms with Crippen molar-refractivity contribution in [2.75, 3.05) is 26.2 Å². The van der Waals surface area contributed by atoms with Crippen LogP contribution in [0, 0.1) is 0 Å². The summed E-state index contributed by atoms with van der Waals surface area (Å²) in [5.74, 6) is 0. The van der Waals surface area contributed by atoms with Gasteiger partial charge in [-0.1, -0.05) is 0 Å². The highest BCUT2D eigenvalue weighted by Crippen LogP contribution is 2.18. The van der Waals surface area contributed by atoms with Crippen molar-refractivity contribution in [3.05, 3.63) is 0 Å². The average molecular weight is 220 g/mol. The Morgan fingerprint density at radius 1 is 1.29 bits per heavy atom. The summed E-state index contributed by atoms with van der Waals surface area (Å²) in [5.41, 5.74) is 5.42. The van der Waals surface area contributed by atoms with E-state index < -0.39 is 9.84 Å². The molecule has 0 amide bonds.